The van der Waals surface area contributed by atoms with Gasteiger partial charge in [-0.2, -0.15) is 0 Å². The van der Waals surface area contributed by atoms with E-state index in [4.69, 9.17) is 4.74 Å². The Morgan fingerprint density at radius 2 is 2.15 bits per heavy atom. The van der Waals surface area contributed by atoms with Crippen LogP contribution in [0, 0.1) is 5.82 Å². The predicted octanol–water partition coefficient (Wildman–Crippen LogP) is 2.66. The molecule has 0 aliphatic heterocycles. The number of carbonyl (C=O) groups is 1. The molecule has 0 saturated heterocycles. The second-order valence-electron chi connectivity index (χ2n) is 4.83. The summed E-state index contributed by atoms with van der Waals surface area (Å²) in [5, 5.41) is 3.22. The molecule has 0 bridgehead atoms. The molecule has 1 aromatic rings. The number of nitrogens with one attached hydrogen (secondary N) is 1. The Morgan fingerprint density at radius 1 is 1.40 bits per heavy atom. The van der Waals surface area contributed by atoms with Crippen LogP contribution in [0.4, 0.5) is 4.39 Å². The minimum absolute atomic E-state index is 0.211. The summed E-state index contributed by atoms with van der Waals surface area (Å²) in [6.45, 7) is 4.98. The van der Waals surface area contributed by atoms with Gasteiger partial charge in [-0.25, -0.2) is 4.39 Å². The number of hydrogen-bond donors (Lipinski definition) is 1. The highest BCUT2D eigenvalue weighted by Crippen LogP contribution is 2.18. The molecule has 0 fully saturated rings. The highest BCUT2D eigenvalue weighted by Gasteiger charge is 2.06. The molecule has 0 aliphatic carbocycles. The number of methoxy groups -OCH3 is 1. The van der Waals surface area contributed by atoms with Crippen molar-refractivity contribution in [1.29, 1.82) is 0 Å². The van der Waals surface area contributed by atoms with E-state index in [1.807, 2.05) is 19.9 Å². The van der Waals surface area contributed by atoms with E-state index in [9.17, 15) is 9.18 Å². The Labute approximate surface area is 119 Å². The van der Waals surface area contributed by atoms with E-state index in [2.05, 4.69) is 10.1 Å². The van der Waals surface area contributed by atoms with Gasteiger partial charge in [-0.15, -0.1) is 0 Å². The lowest BCUT2D eigenvalue weighted by Gasteiger charge is -2.10. The van der Waals surface area contributed by atoms with E-state index >= 15 is 0 Å². The Bertz CT molecular complexity index is 435. The second kappa shape index (κ2) is 8.53. The summed E-state index contributed by atoms with van der Waals surface area (Å²) in [7, 11) is 1.34. The number of halogens is 1. The Kier molecular flexibility index (Phi) is 7.01. The maximum absolute atomic E-state index is 13.8. The molecular weight excluding hydrogens is 261 g/mol. The Hall–Kier alpha value is -1.62. The number of hydrogen-bond acceptors (Lipinski definition) is 4. The van der Waals surface area contributed by atoms with Gasteiger partial charge in [-0.05, 0) is 24.1 Å². The molecular formula is C15H22FNO3. The Balaban J connectivity index is 2.41. The zero-order chi connectivity index (χ0) is 15.0. The first-order valence-corrected chi connectivity index (χ1v) is 6.74. The normalized spacial score (nSPS) is 10.7. The molecule has 0 spiro atoms. The van der Waals surface area contributed by atoms with Crippen molar-refractivity contribution in [3.05, 3.63) is 29.6 Å². The Morgan fingerprint density at radius 3 is 2.75 bits per heavy atom. The number of carbonyl (C=O) groups excluding carboxylic acids is 1. The van der Waals surface area contributed by atoms with Crippen molar-refractivity contribution in [2.45, 2.75) is 39.3 Å². The van der Waals surface area contributed by atoms with E-state index in [0.29, 0.717) is 19.0 Å². The molecule has 112 valence electrons. The quantitative estimate of drug-likeness (QED) is 0.588. The van der Waals surface area contributed by atoms with E-state index in [0.717, 1.165) is 5.56 Å². The van der Waals surface area contributed by atoms with Crippen molar-refractivity contribution in [2.75, 3.05) is 13.7 Å². The monoisotopic (exact) mass is 283 g/mol. The van der Waals surface area contributed by atoms with Gasteiger partial charge >= 0.3 is 5.97 Å². The number of benzene rings is 1. The van der Waals surface area contributed by atoms with Crippen LogP contribution in [0.5, 0.6) is 5.75 Å². The lowest BCUT2D eigenvalue weighted by molar-refractivity contribution is -0.140. The second-order valence-corrected chi connectivity index (χ2v) is 4.83. The SMILES string of the molecule is COC(=O)CCCOc1ccc(CNC(C)C)cc1F. The standard InChI is InChI=1S/C15H22FNO3/c1-11(2)17-10-12-6-7-14(13(16)9-12)20-8-4-5-15(18)19-3/h6-7,9,11,17H,4-5,8,10H2,1-3H3. The highest BCUT2D eigenvalue weighted by atomic mass is 19.1. The van der Waals surface area contributed by atoms with Gasteiger partial charge in [0.1, 0.15) is 0 Å². The van der Waals surface area contributed by atoms with Gasteiger partial charge in [0.15, 0.2) is 11.6 Å². The first-order valence-electron chi connectivity index (χ1n) is 6.74. The van der Waals surface area contributed by atoms with Crippen LogP contribution < -0.4 is 10.1 Å². The molecule has 0 radical (unpaired) electrons. The fourth-order valence-corrected chi connectivity index (χ4v) is 1.59. The lowest BCUT2D eigenvalue weighted by atomic mass is 10.2. The molecule has 0 unspecified atom stereocenters. The summed E-state index contributed by atoms with van der Waals surface area (Å²) in [6, 6.07) is 5.26. The molecule has 0 amide bonds. The van der Waals surface area contributed by atoms with E-state index in [-0.39, 0.29) is 30.6 Å². The van der Waals surface area contributed by atoms with Crippen molar-refractivity contribution in [2.24, 2.45) is 0 Å². The average Bonchev–Trinajstić information content (AvgIpc) is 2.42. The topological polar surface area (TPSA) is 47.6 Å². The van der Waals surface area contributed by atoms with Crippen LogP contribution in [0.2, 0.25) is 0 Å². The largest absolute Gasteiger partial charge is 0.491 e. The summed E-state index contributed by atoms with van der Waals surface area (Å²) in [4.78, 5) is 10.9. The van der Waals surface area contributed by atoms with Crippen LogP contribution in [0.3, 0.4) is 0 Å². The predicted molar refractivity (Wildman–Crippen MR) is 75.1 cm³/mol. The van der Waals surface area contributed by atoms with Gasteiger partial charge in [0.25, 0.3) is 0 Å². The zero-order valence-electron chi connectivity index (χ0n) is 12.2. The summed E-state index contributed by atoms with van der Waals surface area (Å²) in [5.74, 6) is -0.460. The molecule has 1 rings (SSSR count). The fraction of sp³-hybridized carbons (Fsp3) is 0.533. The van der Waals surface area contributed by atoms with Crippen LogP contribution in [0.1, 0.15) is 32.3 Å². The summed E-state index contributed by atoms with van der Waals surface area (Å²) in [5.41, 5.74) is 0.873. The third-order valence-electron chi connectivity index (χ3n) is 2.72. The van der Waals surface area contributed by atoms with Crippen molar-refractivity contribution >= 4 is 5.97 Å². The molecule has 0 atom stereocenters. The van der Waals surface area contributed by atoms with Gasteiger partial charge in [0.05, 0.1) is 13.7 Å². The fourth-order valence-electron chi connectivity index (χ4n) is 1.59. The number of ether oxygens (including phenoxy) is 2. The van der Waals surface area contributed by atoms with Gasteiger partial charge in [0, 0.05) is 19.0 Å². The number of rotatable bonds is 8. The molecule has 0 aromatic heterocycles. The molecule has 0 aliphatic rings. The number of esters is 1. The first-order chi connectivity index (χ1) is 9.52. The van der Waals surface area contributed by atoms with Gasteiger partial charge < -0.3 is 14.8 Å². The molecule has 5 heteroatoms. The zero-order valence-corrected chi connectivity index (χ0v) is 12.2. The van der Waals surface area contributed by atoms with Crippen LogP contribution in [0.15, 0.2) is 18.2 Å². The average molecular weight is 283 g/mol. The molecule has 1 N–H and O–H groups in total. The van der Waals surface area contributed by atoms with Gasteiger partial charge in [-0.1, -0.05) is 19.9 Å². The highest BCUT2D eigenvalue weighted by molar-refractivity contribution is 5.69. The van der Waals surface area contributed by atoms with Crippen LogP contribution in [-0.4, -0.2) is 25.7 Å². The maximum Gasteiger partial charge on any atom is 0.305 e. The van der Waals surface area contributed by atoms with Gasteiger partial charge in [0.2, 0.25) is 0 Å². The minimum atomic E-state index is -0.383. The molecule has 0 saturated carbocycles. The van der Waals surface area contributed by atoms with E-state index in [1.54, 1.807) is 6.07 Å². The van der Waals surface area contributed by atoms with E-state index < -0.39 is 0 Å². The van der Waals surface area contributed by atoms with Crippen molar-refractivity contribution in [3.8, 4) is 5.75 Å². The third kappa shape index (κ3) is 6.02. The molecule has 20 heavy (non-hydrogen) atoms. The molecule has 1 aromatic carbocycles. The summed E-state index contributed by atoms with van der Waals surface area (Å²) in [6.07, 6.45) is 0.775. The maximum atomic E-state index is 13.8. The van der Waals surface area contributed by atoms with Crippen molar-refractivity contribution < 1.29 is 18.7 Å². The lowest BCUT2D eigenvalue weighted by Crippen LogP contribution is -2.21. The molecule has 0 heterocycles. The van der Waals surface area contributed by atoms with Crippen LogP contribution in [0.25, 0.3) is 0 Å². The van der Waals surface area contributed by atoms with Crippen LogP contribution >= 0.6 is 0 Å². The minimum Gasteiger partial charge on any atom is -0.491 e. The van der Waals surface area contributed by atoms with Gasteiger partial charge in [-0.3, -0.25) is 4.79 Å². The van der Waals surface area contributed by atoms with Crippen LogP contribution in [-0.2, 0) is 16.1 Å². The van der Waals surface area contributed by atoms with Crippen molar-refractivity contribution in [1.82, 2.24) is 5.32 Å². The summed E-state index contributed by atoms with van der Waals surface area (Å²) < 4.78 is 23.6. The summed E-state index contributed by atoms with van der Waals surface area (Å²) >= 11 is 0. The van der Waals surface area contributed by atoms with E-state index in [1.165, 1.54) is 13.2 Å². The smallest absolute Gasteiger partial charge is 0.305 e. The van der Waals surface area contributed by atoms with Crippen molar-refractivity contribution in [3.63, 3.8) is 0 Å². The third-order valence-corrected chi connectivity index (χ3v) is 2.72. The molecule has 4 nitrogen and oxygen atoms in total. The first kappa shape index (κ1) is 16.4.